The van der Waals surface area contributed by atoms with Gasteiger partial charge < -0.3 is 15.2 Å². The van der Waals surface area contributed by atoms with E-state index < -0.39 is 36.1 Å². The highest BCUT2D eigenvalue weighted by Gasteiger charge is 2.34. The van der Waals surface area contributed by atoms with Crippen molar-refractivity contribution in [2.24, 2.45) is 0 Å². The topological polar surface area (TPSA) is 75.6 Å². The Hall–Kier alpha value is -3.03. The Morgan fingerprint density at radius 3 is 2.52 bits per heavy atom. The molecule has 1 unspecified atom stereocenters. The van der Waals surface area contributed by atoms with Gasteiger partial charge in [0.15, 0.2) is 6.61 Å². The van der Waals surface area contributed by atoms with Crippen molar-refractivity contribution < 1.29 is 32.6 Å². The number of amides is 1. The highest BCUT2D eigenvalue weighted by Crippen LogP contribution is 2.36. The fourth-order valence-electron chi connectivity index (χ4n) is 2.59. The highest BCUT2D eigenvalue weighted by molar-refractivity contribution is 5.91. The molecule has 0 saturated carbocycles. The summed E-state index contributed by atoms with van der Waals surface area (Å²) in [7, 11) is 0. The van der Waals surface area contributed by atoms with Crippen molar-refractivity contribution in [3.05, 3.63) is 59.7 Å². The van der Waals surface area contributed by atoms with Gasteiger partial charge in [0.25, 0.3) is 0 Å². The number of carbonyl (C=O) groups excluding carboxylic acids is 1. The average Bonchev–Trinajstić information content (AvgIpc) is 2.59. The van der Waals surface area contributed by atoms with E-state index in [0.29, 0.717) is 5.69 Å². The van der Waals surface area contributed by atoms with Crippen LogP contribution in [0, 0.1) is 0 Å². The summed E-state index contributed by atoms with van der Waals surface area (Å²) in [6, 6.07) is 11.3. The molecule has 2 aromatic rings. The lowest BCUT2D eigenvalue weighted by Crippen LogP contribution is -2.17. The molecule has 27 heavy (non-hydrogen) atoms. The first-order chi connectivity index (χ1) is 12.7. The van der Waals surface area contributed by atoms with Crippen molar-refractivity contribution in [3.8, 4) is 5.75 Å². The van der Waals surface area contributed by atoms with Gasteiger partial charge >= 0.3 is 12.1 Å². The van der Waals surface area contributed by atoms with Crippen molar-refractivity contribution in [1.82, 2.24) is 0 Å². The van der Waals surface area contributed by atoms with Crippen molar-refractivity contribution in [2.75, 3.05) is 11.9 Å². The zero-order valence-corrected chi connectivity index (χ0v) is 14.4. The summed E-state index contributed by atoms with van der Waals surface area (Å²) in [4.78, 5) is 22.7. The number of halogens is 3. The number of carbonyl (C=O) groups is 2. The van der Waals surface area contributed by atoms with E-state index in [9.17, 15) is 22.8 Å². The largest absolute Gasteiger partial charge is 0.482 e. The zero-order chi connectivity index (χ0) is 20.0. The van der Waals surface area contributed by atoms with Crippen LogP contribution in [0.5, 0.6) is 5.75 Å². The minimum atomic E-state index is -4.49. The number of nitrogens with one attached hydrogen (secondary N) is 1. The molecular formula is C19H18F3NO4. The number of aliphatic carboxylic acids is 1. The van der Waals surface area contributed by atoms with Gasteiger partial charge in [-0.1, -0.05) is 31.2 Å². The maximum Gasteiger partial charge on any atom is 0.416 e. The second-order valence-corrected chi connectivity index (χ2v) is 5.95. The summed E-state index contributed by atoms with van der Waals surface area (Å²) in [5.41, 5.74) is -0.341. The van der Waals surface area contributed by atoms with Gasteiger partial charge in [-0.2, -0.15) is 13.2 Å². The second kappa shape index (κ2) is 8.57. The minimum Gasteiger partial charge on any atom is -0.482 e. The minimum absolute atomic E-state index is 0.0543. The molecule has 0 fully saturated rings. The van der Waals surface area contributed by atoms with Crippen LogP contribution in [0.1, 0.15) is 30.4 Å². The van der Waals surface area contributed by atoms with Gasteiger partial charge in [-0.3, -0.25) is 4.79 Å². The lowest BCUT2D eigenvalue weighted by molar-refractivity contribution is -0.139. The molecule has 0 saturated heterocycles. The quantitative estimate of drug-likeness (QED) is 0.750. The SMILES string of the molecule is CC(CC(=O)Nc1cccc(OCC(=O)O)c1)c1ccccc1C(F)(F)F. The first-order valence-electron chi connectivity index (χ1n) is 8.07. The van der Waals surface area contributed by atoms with Gasteiger partial charge in [0.05, 0.1) is 5.56 Å². The van der Waals surface area contributed by atoms with Gasteiger partial charge in [0, 0.05) is 18.2 Å². The third-order valence-electron chi connectivity index (χ3n) is 3.77. The molecule has 0 bridgehead atoms. The number of anilines is 1. The van der Waals surface area contributed by atoms with Gasteiger partial charge in [0.1, 0.15) is 5.75 Å². The summed E-state index contributed by atoms with van der Waals surface area (Å²) in [6.07, 6.45) is -4.63. The van der Waals surface area contributed by atoms with E-state index >= 15 is 0 Å². The summed E-state index contributed by atoms with van der Waals surface area (Å²) in [5.74, 6) is -1.99. The van der Waals surface area contributed by atoms with Crippen LogP contribution < -0.4 is 10.1 Å². The third kappa shape index (κ3) is 6.02. The number of hydrogen-bond donors (Lipinski definition) is 2. The number of ether oxygens (including phenoxy) is 1. The lowest BCUT2D eigenvalue weighted by Gasteiger charge is -2.18. The van der Waals surface area contributed by atoms with Crippen molar-refractivity contribution >= 4 is 17.6 Å². The summed E-state index contributed by atoms with van der Waals surface area (Å²) in [5, 5.41) is 11.2. The summed E-state index contributed by atoms with van der Waals surface area (Å²) >= 11 is 0. The Morgan fingerprint density at radius 2 is 1.85 bits per heavy atom. The maximum absolute atomic E-state index is 13.1. The number of hydrogen-bond acceptors (Lipinski definition) is 3. The molecule has 5 nitrogen and oxygen atoms in total. The molecule has 0 aliphatic rings. The standard InChI is InChI=1S/C19H18F3NO4/c1-12(15-7-2-3-8-16(15)19(20,21)22)9-17(24)23-13-5-4-6-14(10-13)27-11-18(25)26/h2-8,10,12H,9,11H2,1H3,(H,23,24)(H,25,26). The fraction of sp³-hybridized carbons (Fsp3) is 0.263. The van der Waals surface area contributed by atoms with E-state index in [2.05, 4.69) is 5.32 Å². The number of carboxylic acids is 1. The van der Waals surface area contributed by atoms with Crippen LogP contribution in [-0.2, 0) is 15.8 Å². The van der Waals surface area contributed by atoms with E-state index in [1.54, 1.807) is 19.1 Å². The predicted molar refractivity (Wildman–Crippen MR) is 92.7 cm³/mol. The maximum atomic E-state index is 13.1. The first-order valence-corrected chi connectivity index (χ1v) is 8.07. The number of alkyl halides is 3. The molecule has 1 amide bonds. The van der Waals surface area contributed by atoms with Gasteiger partial charge in [0.2, 0.25) is 5.91 Å². The normalized spacial score (nSPS) is 12.3. The van der Waals surface area contributed by atoms with E-state index in [1.807, 2.05) is 0 Å². The molecule has 2 N–H and O–H groups in total. The third-order valence-corrected chi connectivity index (χ3v) is 3.77. The molecular weight excluding hydrogens is 363 g/mol. The lowest BCUT2D eigenvalue weighted by atomic mass is 9.92. The van der Waals surface area contributed by atoms with Crippen LogP contribution >= 0.6 is 0 Å². The Balaban J connectivity index is 2.04. The summed E-state index contributed by atoms with van der Waals surface area (Å²) < 4.78 is 44.3. The van der Waals surface area contributed by atoms with E-state index in [4.69, 9.17) is 9.84 Å². The summed E-state index contributed by atoms with van der Waals surface area (Å²) in [6.45, 7) is 1.03. The second-order valence-electron chi connectivity index (χ2n) is 5.95. The molecule has 8 heteroatoms. The molecule has 0 aromatic heterocycles. The Bertz CT molecular complexity index is 821. The van der Waals surface area contributed by atoms with Gasteiger partial charge in [-0.05, 0) is 29.7 Å². The molecule has 0 heterocycles. The molecule has 0 aliphatic heterocycles. The van der Waals surface area contributed by atoms with Gasteiger partial charge in [-0.15, -0.1) is 0 Å². The Kier molecular flexibility index (Phi) is 6.44. The number of rotatable bonds is 7. The van der Waals surface area contributed by atoms with Crippen LogP contribution in [0.2, 0.25) is 0 Å². The van der Waals surface area contributed by atoms with Crippen LogP contribution in [0.15, 0.2) is 48.5 Å². The molecule has 2 rings (SSSR count). The van der Waals surface area contributed by atoms with Crippen LogP contribution in [-0.4, -0.2) is 23.6 Å². The molecule has 144 valence electrons. The van der Waals surface area contributed by atoms with Crippen molar-refractivity contribution in [3.63, 3.8) is 0 Å². The molecule has 1 atom stereocenters. The first kappa shape index (κ1) is 20.3. The average molecular weight is 381 g/mol. The number of carboxylic acid groups (broad SMARTS) is 1. The monoisotopic (exact) mass is 381 g/mol. The van der Waals surface area contributed by atoms with E-state index in [1.165, 1.54) is 30.3 Å². The van der Waals surface area contributed by atoms with Crippen molar-refractivity contribution in [1.29, 1.82) is 0 Å². The molecule has 2 aromatic carbocycles. The van der Waals surface area contributed by atoms with Crippen LogP contribution in [0.3, 0.4) is 0 Å². The molecule has 0 aliphatic carbocycles. The smallest absolute Gasteiger partial charge is 0.416 e. The zero-order valence-electron chi connectivity index (χ0n) is 14.4. The fourth-order valence-corrected chi connectivity index (χ4v) is 2.59. The van der Waals surface area contributed by atoms with Gasteiger partial charge in [-0.25, -0.2) is 4.79 Å². The molecule has 0 radical (unpaired) electrons. The molecule has 0 spiro atoms. The Morgan fingerprint density at radius 1 is 1.15 bits per heavy atom. The van der Waals surface area contributed by atoms with Crippen LogP contribution in [0.4, 0.5) is 18.9 Å². The number of benzene rings is 2. The van der Waals surface area contributed by atoms with E-state index in [-0.39, 0.29) is 17.7 Å². The van der Waals surface area contributed by atoms with E-state index in [0.717, 1.165) is 6.07 Å². The highest BCUT2D eigenvalue weighted by atomic mass is 19.4. The Labute approximate surface area is 153 Å². The van der Waals surface area contributed by atoms with Crippen LogP contribution in [0.25, 0.3) is 0 Å². The van der Waals surface area contributed by atoms with Crippen molar-refractivity contribution in [2.45, 2.75) is 25.4 Å². The predicted octanol–water partition coefficient (Wildman–Crippen LogP) is 4.30.